The molecule has 1 rings (SSSR count). The SMILES string of the molecule is CCc1nc(C)cc(OCCC(=O)O)n1. The van der Waals surface area contributed by atoms with Gasteiger partial charge >= 0.3 is 5.97 Å². The number of ether oxygens (including phenoxy) is 1. The zero-order valence-electron chi connectivity index (χ0n) is 8.86. The fourth-order valence-electron chi connectivity index (χ4n) is 1.07. The predicted octanol–water partition coefficient (Wildman–Crippen LogP) is 1.20. The van der Waals surface area contributed by atoms with Gasteiger partial charge < -0.3 is 9.84 Å². The largest absolute Gasteiger partial charge is 0.481 e. The normalized spacial score (nSPS) is 10.0. The first-order valence-electron chi connectivity index (χ1n) is 4.81. The third-order valence-corrected chi connectivity index (χ3v) is 1.76. The van der Waals surface area contributed by atoms with Gasteiger partial charge in [-0.3, -0.25) is 4.79 Å². The number of carbonyl (C=O) groups is 1. The van der Waals surface area contributed by atoms with E-state index in [1.54, 1.807) is 6.07 Å². The van der Waals surface area contributed by atoms with Gasteiger partial charge in [-0.1, -0.05) is 6.92 Å². The van der Waals surface area contributed by atoms with Crippen LogP contribution in [0.4, 0.5) is 0 Å². The molecule has 0 aromatic carbocycles. The summed E-state index contributed by atoms with van der Waals surface area (Å²) in [6, 6.07) is 1.70. The number of aromatic nitrogens is 2. The summed E-state index contributed by atoms with van der Waals surface area (Å²) in [6.07, 6.45) is 0.710. The van der Waals surface area contributed by atoms with E-state index >= 15 is 0 Å². The van der Waals surface area contributed by atoms with Gasteiger partial charge in [0.05, 0.1) is 6.42 Å². The molecule has 0 saturated carbocycles. The van der Waals surface area contributed by atoms with E-state index in [4.69, 9.17) is 9.84 Å². The Balaban J connectivity index is 2.60. The van der Waals surface area contributed by atoms with Crippen LogP contribution >= 0.6 is 0 Å². The molecule has 0 unspecified atom stereocenters. The molecule has 1 aromatic heterocycles. The minimum Gasteiger partial charge on any atom is -0.481 e. The van der Waals surface area contributed by atoms with Crippen molar-refractivity contribution >= 4 is 5.97 Å². The molecule has 0 spiro atoms. The lowest BCUT2D eigenvalue weighted by Crippen LogP contribution is -2.07. The topological polar surface area (TPSA) is 72.3 Å². The Kier molecular flexibility index (Phi) is 4.03. The lowest BCUT2D eigenvalue weighted by atomic mass is 10.4. The zero-order chi connectivity index (χ0) is 11.3. The van der Waals surface area contributed by atoms with E-state index in [1.165, 1.54) is 0 Å². The van der Waals surface area contributed by atoms with Gasteiger partial charge in [0.25, 0.3) is 0 Å². The quantitative estimate of drug-likeness (QED) is 0.790. The lowest BCUT2D eigenvalue weighted by molar-refractivity contribution is -0.137. The first-order chi connectivity index (χ1) is 7.11. The molecule has 1 aromatic rings. The van der Waals surface area contributed by atoms with Gasteiger partial charge in [0.2, 0.25) is 5.88 Å². The molecule has 1 N–H and O–H groups in total. The van der Waals surface area contributed by atoms with Crippen molar-refractivity contribution in [1.29, 1.82) is 0 Å². The monoisotopic (exact) mass is 210 g/mol. The van der Waals surface area contributed by atoms with Crippen molar-refractivity contribution in [2.45, 2.75) is 26.7 Å². The van der Waals surface area contributed by atoms with Gasteiger partial charge in [-0.15, -0.1) is 0 Å². The van der Waals surface area contributed by atoms with Crippen LogP contribution in [0.3, 0.4) is 0 Å². The van der Waals surface area contributed by atoms with Crippen LogP contribution in [0.1, 0.15) is 24.9 Å². The van der Waals surface area contributed by atoms with E-state index in [0.29, 0.717) is 11.7 Å². The van der Waals surface area contributed by atoms with Crippen LogP contribution in [0.15, 0.2) is 6.07 Å². The maximum atomic E-state index is 10.3. The van der Waals surface area contributed by atoms with Gasteiger partial charge in [0, 0.05) is 18.2 Å². The summed E-state index contributed by atoms with van der Waals surface area (Å²) < 4.78 is 5.21. The molecule has 15 heavy (non-hydrogen) atoms. The van der Waals surface area contributed by atoms with Crippen LogP contribution in [0.5, 0.6) is 5.88 Å². The molecule has 0 fully saturated rings. The van der Waals surface area contributed by atoms with Crippen LogP contribution in [0.25, 0.3) is 0 Å². The van der Waals surface area contributed by atoms with E-state index in [1.807, 2.05) is 13.8 Å². The highest BCUT2D eigenvalue weighted by atomic mass is 16.5. The molecule has 0 radical (unpaired) electrons. The molecule has 5 heteroatoms. The van der Waals surface area contributed by atoms with Crippen molar-refractivity contribution in [2.75, 3.05) is 6.61 Å². The molecule has 0 amide bonds. The number of hydrogen-bond donors (Lipinski definition) is 1. The average Bonchev–Trinajstić information content (AvgIpc) is 2.16. The minimum absolute atomic E-state index is 0.0233. The molecular weight excluding hydrogens is 196 g/mol. The third kappa shape index (κ3) is 3.93. The maximum Gasteiger partial charge on any atom is 0.306 e. The number of rotatable bonds is 5. The third-order valence-electron chi connectivity index (χ3n) is 1.76. The standard InChI is InChI=1S/C10H14N2O3/c1-3-8-11-7(2)6-9(12-8)15-5-4-10(13)14/h6H,3-5H2,1-2H3,(H,13,14). The average molecular weight is 210 g/mol. The number of aliphatic carboxylic acids is 1. The zero-order valence-corrected chi connectivity index (χ0v) is 8.86. The van der Waals surface area contributed by atoms with Crippen LogP contribution < -0.4 is 4.74 Å². The number of nitrogens with zero attached hydrogens (tertiary/aromatic N) is 2. The number of hydrogen-bond acceptors (Lipinski definition) is 4. The van der Waals surface area contributed by atoms with Crippen molar-refractivity contribution in [3.05, 3.63) is 17.6 Å². The molecule has 0 aliphatic heterocycles. The van der Waals surface area contributed by atoms with Crippen molar-refractivity contribution < 1.29 is 14.6 Å². The molecule has 0 saturated heterocycles. The fraction of sp³-hybridized carbons (Fsp3) is 0.500. The Labute approximate surface area is 88.1 Å². The molecule has 0 atom stereocenters. The van der Waals surface area contributed by atoms with E-state index in [-0.39, 0.29) is 13.0 Å². The van der Waals surface area contributed by atoms with Crippen molar-refractivity contribution in [3.63, 3.8) is 0 Å². The Bertz CT molecular complexity index is 353. The summed E-state index contributed by atoms with van der Waals surface area (Å²) in [5.41, 5.74) is 0.826. The number of aryl methyl sites for hydroxylation is 2. The molecule has 1 heterocycles. The molecule has 5 nitrogen and oxygen atoms in total. The minimum atomic E-state index is -0.878. The Morgan fingerprint density at radius 1 is 1.53 bits per heavy atom. The predicted molar refractivity (Wildman–Crippen MR) is 53.9 cm³/mol. The second-order valence-corrected chi connectivity index (χ2v) is 3.11. The molecular formula is C10H14N2O3. The summed E-state index contributed by atoms with van der Waals surface area (Å²) in [6.45, 7) is 3.94. The van der Waals surface area contributed by atoms with Gasteiger partial charge in [-0.25, -0.2) is 4.98 Å². The van der Waals surface area contributed by atoms with Gasteiger partial charge in [0.15, 0.2) is 0 Å². The molecule has 82 valence electrons. The molecule has 0 aliphatic carbocycles. The second-order valence-electron chi connectivity index (χ2n) is 3.11. The van der Waals surface area contributed by atoms with Crippen LogP contribution in [-0.2, 0) is 11.2 Å². The van der Waals surface area contributed by atoms with Crippen LogP contribution in [0.2, 0.25) is 0 Å². The summed E-state index contributed by atoms with van der Waals surface area (Å²) >= 11 is 0. The first-order valence-corrected chi connectivity index (χ1v) is 4.81. The number of carboxylic acids is 1. The van der Waals surface area contributed by atoms with Crippen molar-refractivity contribution in [3.8, 4) is 5.88 Å². The lowest BCUT2D eigenvalue weighted by Gasteiger charge is -2.05. The highest BCUT2D eigenvalue weighted by Crippen LogP contribution is 2.09. The molecule has 0 aliphatic rings. The van der Waals surface area contributed by atoms with Crippen LogP contribution in [-0.4, -0.2) is 27.7 Å². The van der Waals surface area contributed by atoms with Crippen molar-refractivity contribution in [2.24, 2.45) is 0 Å². The maximum absolute atomic E-state index is 10.3. The fourth-order valence-corrected chi connectivity index (χ4v) is 1.07. The molecule has 0 bridgehead atoms. The number of carboxylic acid groups (broad SMARTS) is 1. The second kappa shape index (κ2) is 5.29. The summed E-state index contributed by atoms with van der Waals surface area (Å²) in [4.78, 5) is 18.6. The Morgan fingerprint density at radius 2 is 2.27 bits per heavy atom. The van der Waals surface area contributed by atoms with Gasteiger partial charge in [-0.05, 0) is 6.92 Å². The summed E-state index contributed by atoms with van der Waals surface area (Å²) in [5.74, 6) is 0.275. The van der Waals surface area contributed by atoms with Crippen molar-refractivity contribution in [1.82, 2.24) is 9.97 Å². The smallest absolute Gasteiger partial charge is 0.306 e. The van der Waals surface area contributed by atoms with Gasteiger partial charge in [-0.2, -0.15) is 4.98 Å². The van der Waals surface area contributed by atoms with E-state index < -0.39 is 5.97 Å². The Hall–Kier alpha value is -1.65. The highest BCUT2D eigenvalue weighted by molar-refractivity contribution is 5.66. The highest BCUT2D eigenvalue weighted by Gasteiger charge is 2.03. The van der Waals surface area contributed by atoms with Crippen LogP contribution in [0, 0.1) is 6.92 Å². The summed E-state index contributed by atoms with van der Waals surface area (Å²) in [5, 5.41) is 8.43. The van der Waals surface area contributed by atoms with E-state index in [2.05, 4.69) is 9.97 Å². The Morgan fingerprint density at radius 3 is 2.87 bits per heavy atom. The first kappa shape index (κ1) is 11.4. The van der Waals surface area contributed by atoms with E-state index in [0.717, 1.165) is 12.1 Å². The van der Waals surface area contributed by atoms with E-state index in [9.17, 15) is 4.79 Å². The summed E-state index contributed by atoms with van der Waals surface area (Å²) in [7, 11) is 0. The van der Waals surface area contributed by atoms with Gasteiger partial charge in [0.1, 0.15) is 12.4 Å².